The second kappa shape index (κ2) is 6.17. The van der Waals surface area contributed by atoms with Crippen LogP contribution < -0.4 is 4.90 Å². The predicted molar refractivity (Wildman–Crippen MR) is 86.1 cm³/mol. The number of rotatable bonds is 3. The molecule has 0 amide bonds. The zero-order valence-corrected chi connectivity index (χ0v) is 13.4. The van der Waals surface area contributed by atoms with Crippen molar-refractivity contribution in [2.24, 2.45) is 11.3 Å². The molecule has 1 aliphatic rings. The zero-order chi connectivity index (χ0) is 14.8. The van der Waals surface area contributed by atoms with E-state index >= 15 is 0 Å². The van der Waals surface area contributed by atoms with Crippen molar-refractivity contribution in [1.82, 2.24) is 0 Å². The smallest absolute Gasteiger partial charge is 0.0807 e. The van der Waals surface area contributed by atoms with Crippen molar-refractivity contribution in [3.8, 4) is 0 Å². The zero-order valence-electron chi connectivity index (χ0n) is 13.4. The Morgan fingerprint density at radius 1 is 1.20 bits per heavy atom. The van der Waals surface area contributed by atoms with Crippen molar-refractivity contribution in [3.63, 3.8) is 0 Å². The van der Waals surface area contributed by atoms with E-state index in [4.69, 9.17) is 0 Å². The first-order chi connectivity index (χ1) is 9.43. The molecule has 1 aliphatic heterocycles. The number of para-hydroxylation sites is 1. The van der Waals surface area contributed by atoms with E-state index in [0.29, 0.717) is 5.41 Å². The molecule has 20 heavy (non-hydrogen) atoms. The normalized spacial score (nSPS) is 19.1. The Kier molecular flexibility index (Phi) is 4.74. The Bertz CT molecular complexity index is 427. The largest absolute Gasteiger partial charge is 0.388 e. The van der Waals surface area contributed by atoms with Crippen molar-refractivity contribution in [3.05, 3.63) is 29.8 Å². The highest BCUT2D eigenvalue weighted by Crippen LogP contribution is 2.37. The second-order valence-corrected chi connectivity index (χ2v) is 7.11. The lowest BCUT2D eigenvalue weighted by atomic mass is 9.75. The van der Waals surface area contributed by atoms with Gasteiger partial charge in [-0.1, -0.05) is 45.9 Å². The van der Waals surface area contributed by atoms with Gasteiger partial charge < -0.3 is 10.0 Å². The number of hydrogen-bond donors (Lipinski definition) is 1. The van der Waals surface area contributed by atoms with Crippen LogP contribution in [0.3, 0.4) is 0 Å². The molecule has 0 spiro atoms. The molecule has 1 saturated heterocycles. The van der Waals surface area contributed by atoms with Gasteiger partial charge in [-0.15, -0.1) is 0 Å². The third kappa shape index (κ3) is 3.35. The standard InChI is InChI=1S/C18H29NO/c1-5-17(20)15-8-6-7-9-16(15)19-12-10-14(11-13-19)18(2,3)4/h6-9,14,17,20H,5,10-13H2,1-4H3/t17-/m1/s1. The Labute approximate surface area is 123 Å². The van der Waals surface area contributed by atoms with Crippen LogP contribution in [0.25, 0.3) is 0 Å². The number of anilines is 1. The van der Waals surface area contributed by atoms with Crippen LogP contribution in [-0.4, -0.2) is 18.2 Å². The van der Waals surface area contributed by atoms with Crippen LogP contribution in [-0.2, 0) is 0 Å². The van der Waals surface area contributed by atoms with E-state index < -0.39 is 0 Å². The van der Waals surface area contributed by atoms with E-state index in [1.165, 1.54) is 18.5 Å². The minimum absolute atomic E-state index is 0.341. The number of benzene rings is 1. The summed E-state index contributed by atoms with van der Waals surface area (Å²) in [5.41, 5.74) is 2.73. The lowest BCUT2D eigenvalue weighted by Gasteiger charge is -2.40. The van der Waals surface area contributed by atoms with Gasteiger partial charge in [0.1, 0.15) is 0 Å². The lowest BCUT2D eigenvalue weighted by Crippen LogP contribution is -2.38. The molecule has 1 heterocycles. The van der Waals surface area contributed by atoms with Gasteiger partial charge in [-0.2, -0.15) is 0 Å². The second-order valence-electron chi connectivity index (χ2n) is 7.11. The average Bonchev–Trinajstić information content (AvgIpc) is 2.45. The van der Waals surface area contributed by atoms with E-state index in [1.54, 1.807) is 0 Å². The Balaban J connectivity index is 2.11. The number of piperidine rings is 1. The summed E-state index contributed by atoms with van der Waals surface area (Å²) in [6.07, 6.45) is 2.93. The summed E-state index contributed by atoms with van der Waals surface area (Å²) in [6, 6.07) is 8.33. The Hall–Kier alpha value is -1.02. The van der Waals surface area contributed by atoms with Crippen LogP contribution in [0.2, 0.25) is 0 Å². The third-order valence-electron chi connectivity index (χ3n) is 4.74. The van der Waals surface area contributed by atoms with Crippen molar-refractivity contribution < 1.29 is 5.11 Å². The van der Waals surface area contributed by atoms with E-state index in [2.05, 4.69) is 43.9 Å². The van der Waals surface area contributed by atoms with Gasteiger partial charge in [0.05, 0.1) is 6.10 Å². The van der Waals surface area contributed by atoms with Gasteiger partial charge in [-0.3, -0.25) is 0 Å². The summed E-state index contributed by atoms with van der Waals surface area (Å²) >= 11 is 0. The summed E-state index contributed by atoms with van der Waals surface area (Å²) in [4.78, 5) is 2.45. The molecule has 0 aromatic heterocycles. The summed E-state index contributed by atoms with van der Waals surface area (Å²) in [7, 11) is 0. The molecule has 2 nitrogen and oxygen atoms in total. The van der Waals surface area contributed by atoms with Crippen LogP contribution in [0.4, 0.5) is 5.69 Å². The highest BCUT2D eigenvalue weighted by atomic mass is 16.3. The molecular weight excluding hydrogens is 246 g/mol. The van der Waals surface area contributed by atoms with E-state index in [1.807, 2.05) is 13.0 Å². The van der Waals surface area contributed by atoms with Gasteiger partial charge in [0, 0.05) is 24.3 Å². The topological polar surface area (TPSA) is 23.5 Å². The van der Waals surface area contributed by atoms with E-state index in [-0.39, 0.29) is 6.10 Å². The summed E-state index contributed by atoms with van der Waals surface area (Å²) in [5.74, 6) is 0.807. The maximum Gasteiger partial charge on any atom is 0.0807 e. The molecular formula is C18H29NO. The molecule has 0 saturated carbocycles. The molecule has 0 unspecified atom stereocenters. The SMILES string of the molecule is CC[C@@H](O)c1ccccc1N1CCC(C(C)(C)C)CC1. The maximum absolute atomic E-state index is 10.2. The first kappa shape index (κ1) is 15.4. The summed E-state index contributed by atoms with van der Waals surface area (Å²) in [5, 5.41) is 10.2. The molecule has 1 atom stereocenters. The van der Waals surface area contributed by atoms with E-state index in [9.17, 15) is 5.11 Å². The van der Waals surface area contributed by atoms with Crippen LogP contribution in [0.1, 0.15) is 58.6 Å². The molecule has 1 aromatic rings. The molecule has 1 aromatic carbocycles. The minimum Gasteiger partial charge on any atom is -0.388 e. The fourth-order valence-corrected chi connectivity index (χ4v) is 3.26. The average molecular weight is 275 g/mol. The van der Waals surface area contributed by atoms with Crippen molar-refractivity contribution >= 4 is 5.69 Å². The molecule has 2 rings (SSSR count). The highest BCUT2D eigenvalue weighted by molar-refractivity contribution is 5.55. The van der Waals surface area contributed by atoms with Crippen molar-refractivity contribution in [2.75, 3.05) is 18.0 Å². The van der Waals surface area contributed by atoms with Gasteiger partial charge in [-0.25, -0.2) is 0 Å². The van der Waals surface area contributed by atoms with Gasteiger partial charge in [0.25, 0.3) is 0 Å². The highest BCUT2D eigenvalue weighted by Gasteiger charge is 2.29. The Morgan fingerprint density at radius 2 is 1.80 bits per heavy atom. The molecule has 0 radical (unpaired) electrons. The quantitative estimate of drug-likeness (QED) is 0.884. The predicted octanol–water partition coefficient (Wildman–Crippen LogP) is 4.39. The van der Waals surface area contributed by atoms with Gasteiger partial charge in [0.2, 0.25) is 0 Å². The van der Waals surface area contributed by atoms with Gasteiger partial charge in [0.15, 0.2) is 0 Å². The minimum atomic E-state index is -0.341. The van der Waals surface area contributed by atoms with E-state index in [0.717, 1.165) is 31.0 Å². The monoisotopic (exact) mass is 275 g/mol. The van der Waals surface area contributed by atoms with Crippen LogP contribution in [0.15, 0.2) is 24.3 Å². The maximum atomic E-state index is 10.2. The third-order valence-corrected chi connectivity index (χ3v) is 4.74. The van der Waals surface area contributed by atoms with Crippen LogP contribution in [0, 0.1) is 11.3 Å². The van der Waals surface area contributed by atoms with Crippen molar-refractivity contribution in [2.45, 2.75) is 53.1 Å². The number of aliphatic hydroxyl groups is 1. The first-order valence-corrected chi connectivity index (χ1v) is 7.95. The molecule has 1 N–H and O–H groups in total. The van der Waals surface area contributed by atoms with Crippen LogP contribution in [0.5, 0.6) is 0 Å². The van der Waals surface area contributed by atoms with Gasteiger partial charge in [-0.05, 0) is 36.7 Å². The molecule has 2 heteroatoms. The molecule has 1 fully saturated rings. The number of hydrogen-bond acceptors (Lipinski definition) is 2. The molecule has 112 valence electrons. The number of aliphatic hydroxyl groups excluding tert-OH is 1. The molecule has 0 aliphatic carbocycles. The fraction of sp³-hybridized carbons (Fsp3) is 0.667. The molecule has 0 bridgehead atoms. The van der Waals surface area contributed by atoms with Crippen LogP contribution >= 0.6 is 0 Å². The summed E-state index contributed by atoms with van der Waals surface area (Å²) in [6.45, 7) is 11.3. The summed E-state index contributed by atoms with van der Waals surface area (Å²) < 4.78 is 0. The lowest BCUT2D eigenvalue weighted by molar-refractivity contribution is 0.173. The fourth-order valence-electron chi connectivity index (χ4n) is 3.26. The first-order valence-electron chi connectivity index (χ1n) is 7.95. The number of nitrogens with zero attached hydrogens (tertiary/aromatic N) is 1. The van der Waals surface area contributed by atoms with Crippen molar-refractivity contribution in [1.29, 1.82) is 0 Å². The Morgan fingerprint density at radius 3 is 2.35 bits per heavy atom. The van der Waals surface area contributed by atoms with Gasteiger partial charge >= 0.3 is 0 Å².